The van der Waals surface area contributed by atoms with Gasteiger partial charge in [-0.05, 0) is 18.1 Å². The minimum absolute atomic E-state index is 0.0411. The lowest BCUT2D eigenvalue weighted by Gasteiger charge is -2.35. The molecule has 0 aromatic heterocycles. The van der Waals surface area contributed by atoms with Crippen molar-refractivity contribution < 1.29 is 38.2 Å². The van der Waals surface area contributed by atoms with E-state index in [1.165, 1.54) is 0 Å². The summed E-state index contributed by atoms with van der Waals surface area (Å²) in [7, 11) is 0. The van der Waals surface area contributed by atoms with Crippen LogP contribution in [-0.4, -0.2) is 101 Å². The first kappa shape index (κ1) is 26.8. The van der Waals surface area contributed by atoms with Gasteiger partial charge in [-0.3, -0.25) is 39.1 Å². The van der Waals surface area contributed by atoms with Crippen LogP contribution in [0.5, 0.6) is 0 Å². The van der Waals surface area contributed by atoms with Crippen molar-refractivity contribution in [3.8, 4) is 0 Å². The molecule has 3 fully saturated rings. The molecule has 4 heterocycles. The Bertz CT molecular complexity index is 1210. The van der Waals surface area contributed by atoms with Crippen molar-refractivity contribution in [2.45, 2.75) is 56.9 Å². The van der Waals surface area contributed by atoms with E-state index in [1.807, 2.05) is 0 Å². The molecule has 4 aliphatic heterocycles. The Morgan fingerprint density at radius 2 is 1.82 bits per heavy atom. The monoisotopic (exact) mass is 541 g/mol. The predicted molar refractivity (Wildman–Crippen MR) is 133 cm³/mol. The summed E-state index contributed by atoms with van der Waals surface area (Å²) in [6.07, 6.45) is 0.00724. The lowest BCUT2D eigenvalue weighted by Crippen LogP contribution is -2.54. The molecular weight excluding hydrogens is 510 g/mol. The number of ether oxygens (including phenoxy) is 2. The molecule has 4 aliphatic rings. The number of piperidine rings is 2. The number of nitrogens with zero attached hydrogens (tertiary/aromatic N) is 3. The summed E-state index contributed by atoms with van der Waals surface area (Å²) < 4.78 is 10.9. The first-order valence-corrected chi connectivity index (χ1v) is 13.1. The molecule has 6 amide bonds. The molecule has 0 bridgehead atoms. The number of nitrogens with two attached hydrogens (primary N) is 1. The van der Waals surface area contributed by atoms with Crippen LogP contribution in [0.25, 0.3) is 0 Å². The number of carbonyl (C=O) groups excluding carboxylic acids is 6. The Balaban J connectivity index is 1.20. The molecule has 13 nitrogen and oxygen atoms in total. The van der Waals surface area contributed by atoms with Crippen LogP contribution in [0.2, 0.25) is 0 Å². The fourth-order valence-electron chi connectivity index (χ4n) is 5.72. The summed E-state index contributed by atoms with van der Waals surface area (Å²) in [5.74, 6) is -2.19. The Labute approximate surface area is 224 Å². The minimum Gasteiger partial charge on any atom is -0.446 e. The Morgan fingerprint density at radius 3 is 2.54 bits per heavy atom. The number of amides is 6. The van der Waals surface area contributed by atoms with Crippen LogP contribution < -0.4 is 11.1 Å². The summed E-state index contributed by atoms with van der Waals surface area (Å²) in [5.41, 5.74) is 6.25. The van der Waals surface area contributed by atoms with Crippen molar-refractivity contribution in [3.05, 3.63) is 34.9 Å². The zero-order chi connectivity index (χ0) is 27.7. The summed E-state index contributed by atoms with van der Waals surface area (Å²) in [6.45, 7) is 2.79. The second-order valence-corrected chi connectivity index (χ2v) is 10.2. The lowest BCUT2D eigenvalue weighted by molar-refractivity contribution is -0.138. The fourth-order valence-corrected chi connectivity index (χ4v) is 5.72. The van der Waals surface area contributed by atoms with E-state index in [-0.39, 0.29) is 48.5 Å². The van der Waals surface area contributed by atoms with E-state index < -0.39 is 35.8 Å². The van der Waals surface area contributed by atoms with Gasteiger partial charge in [0, 0.05) is 52.0 Å². The van der Waals surface area contributed by atoms with Crippen molar-refractivity contribution in [3.63, 3.8) is 0 Å². The van der Waals surface area contributed by atoms with Crippen LogP contribution >= 0.6 is 0 Å². The molecule has 2 atom stereocenters. The molecule has 0 saturated carbocycles. The normalized spacial score (nSPS) is 24.5. The maximum absolute atomic E-state index is 13.4. The van der Waals surface area contributed by atoms with Crippen molar-refractivity contribution >= 4 is 35.6 Å². The number of hydrogen-bond acceptors (Lipinski definition) is 9. The average Bonchev–Trinajstić information content (AvgIpc) is 3.15. The molecule has 0 aliphatic carbocycles. The van der Waals surface area contributed by atoms with Crippen LogP contribution in [-0.2, 0) is 30.4 Å². The zero-order valence-corrected chi connectivity index (χ0v) is 21.4. The quantitative estimate of drug-likeness (QED) is 0.462. The second-order valence-electron chi connectivity index (χ2n) is 10.2. The summed E-state index contributed by atoms with van der Waals surface area (Å²) >= 11 is 0. The van der Waals surface area contributed by atoms with Gasteiger partial charge in [-0.1, -0.05) is 12.1 Å². The van der Waals surface area contributed by atoms with Gasteiger partial charge in [0.2, 0.25) is 17.7 Å². The highest BCUT2D eigenvalue weighted by Crippen LogP contribution is 2.31. The zero-order valence-electron chi connectivity index (χ0n) is 21.4. The Kier molecular flexibility index (Phi) is 7.62. The molecule has 1 aromatic rings. The average molecular weight is 542 g/mol. The van der Waals surface area contributed by atoms with E-state index in [0.29, 0.717) is 57.7 Å². The van der Waals surface area contributed by atoms with Gasteiger partial charge in [0.1, 0.15) is 12.1 Å². The largest absolute Gasteiger partial charge is 0.446 e. The third-order valence-corrected chi connectivity index (χ3v) is 7.65. The Hall–Kier alpha value is -3.84. The number of hydrogen-bond donors (Lipinski definition) is 2. The molecule has 39 heavy (non-hydrogen) atoms. The van der Waals surface area contributed by atoms with Gasteiger partial charge in [-0.15, -0.1) is 0 Å². The predicted octanol–water partition coefficient (Wildman–Crippen LogP) is -0.235. The number of rotatable bonds is 6. The van der Waals surface area contributed by atoms with Gasteiger partial charge < -0.3 is 20.1 Å². The van der Waals surface area contributed by atoms with Gasteiger partial charge >= 0.3 is 6.09 Å². The highest BCUT2D eigenvalue weighted by molar-refractivity contribution is 6.24. The standard InChI is InChI=1S/C26H31N5O8/c27-26(37)39-16-6-8-30(9-7-16)21(33)12-17-14-29(10-11-38-17)13-15-2-1-3-18-22(15)25(36)31(24(18)35)19-4-5-20(32)28-23(19)34/h1-3,16-17,19H,4-14H2,(H2,27,37)(H,28,32,34)/t17-,19?/m1/s1. The molecule has 1 unspecified atom stereocenters. The van der Waals surface area contributed by atoms with E-state index in [2.05, 4.69) is 10.2 Å². The number of carbonyl (C=O) groups is 6. The number of likely N-dealkylation sites (tertiary alicyclic amines) is 1. The lowest BCUT2D eigenvalue weighted by atomic mass is 10.0. The summed E-state index contributed by atoms with van der Waals surface area (Å²) in [6, 6.07) is 4.05. The number of benzene rings is 1. The third kappa shape index (κ3) is 5.64. The van der Waals surface area contributed by atoms with Crippen molar-refractivity contribution in [1.29, 1.82) is 0 Å². The van der Waals surface area contributed by atoms with Crippen LogP contribution in [0.3, 0.4) is 0 Å². The van der Waals surface area contributed by atoms with Crippen LogP contribution in [0.15, 0.2) is 18.2 Å². The molecule has 0 radical (unpaired) electrons. The van der Waals surface area contributed by atoms with E-state index in [4.69, 9.17) is 15.2 Å². The van der Waals surface area contributed by atoms with E-state index in [0.717, 1.165) is 4.90 Å². The third-order valence-electron chi connectivity index (χ3n) is 7.65. The van der Waals surface area contributed by atoms with Crippen molar-refractivity contribution in [1.82, 2.24) is 20.0 Å². The van der Waals surface area contributed by atoms with Gasteiger partial charge in [-0.25, -0.2) is 4.79 Å². The molecule has 3 N–H and O–H groups in total. The smallest absolute Gasteiger partial charge is 0.404 e. The second kappa shape index (κ2) is 11.1. The Morgan fingerprint density at radius 1 is 1.05 bits per heavy atom. The van der Waals surface area contributed by atoms with Gasteiger partial charge in [0.15, 0.2) is 0 Å². The topological polar surface area (TPSA) is 169 Å². The van der Waals surface area contributed by atoms with E-state index in [9.17, 15) is 28.8 Å². The molecule has 5 rings (SSSR count). The number of fused-ring (bicyclic) bond motifs is 1. The number of primary amides is 1. The number of nitrogens with one attached hydrogen (secondary N) is 1. The number of morpholine rings is 1. The molecule has 3 saturated heterocycles. The minimum atomic E-state index is -1.02. The van der Waals surface area contributed by atoms with Gasteiger partial charge in [0.05, 0.1) is 30.3 Å². The molecule has 1 aromatic carbocycles. The van der Waals surface area contributed by atoms with Crippen molar-refractivity contribution in [2.24, 2.45) is 5.73 Å². The van der Waals surface area contributed by atoms with Gasteiger partial charge in [-0.2, -0.15) is 0 Å². The molecule has 208 valence electrons. The molecule has 13 heteroatoms. The van der Waals surface area contributed by atoms with Crippen LogP contribution in [0.4, 0.5) is 4.79 Å². The van der Waals surface area contributed by atoms with Crippen LogP contribution in [0.1, 0.15) is 58.4 Å². The maximum Gasteiger partial charge on any atom is 0.404 e. The van der Waals surface area contributed by atoms with Crippen LogP contribution in [0, 0.1) is 0 Å². The first-order valence-electron chi connectivity index (χ1n) is 13.1. The first-order chi connectivity index (χ1) is 18.7. The highest BCUT2D eigenvalue weighted by atomic mass is 16.6. The number of imide groups is 2. The summed E-state index contributed by atoms with van der Waals surface area (Å²) in [5, 5.41) is 2.21. The SMILES string of the molecule is NC(=O)OC1CCN(C(=O)C[C@@H]2CN(Cc3cccc4c3C(=O)N(C3CCC(=O)NC3=O)C4=O)CCO2)CC1. The molecule has 0 spiro atoms. The highest BCUT2D eigenvalue weighted by Gasteiger charge is 2.45. The fraction of sp³-hybridized carbons (Fsp3) is 0.538. The van der Waals surface area contributed by atoms with Gasteiger partial charge in [0.25, 0.3) is 11.8 Å². The van der Waals surface area contributed by atoms with E-state index in [1.54, 1.807) is 23.1 Å². The van der Waals surface area contributed by atoms with E-state index >= 15 is 0 Å². The van der Waals surface area contributed by atoms with Crippen molar-refractivity contribution in [2.75, 3.05) is 32.8 Å². The molecular formula is C26H31N5O8. The summed E-state index contributed by atoms with van der Waals surface area (Å²) in [4.78, 5) is 79.0. The maximum atomic E-state index is 13.4.